The van der Waals surface area contributed by atoms with Gasteiger partial charge in [0.05, 0.1) is 10.6 Å². The maximum absolute atomic E-state index is 11.3. The number of hydrogen-bond donors (Lipinski definition) is 0. The maximum Gasteiger partial charge on any atom is 0.348 e. The molecule has 0 bridgehead atoms. The van der Waals surface area contributed by atoms with E-state index in [-0.39, 0.29) is 10.6 Å². The van der Waals surface area contributed by atoms with Crippen LogP contribution in [-0.2, 0) is 9.84 Å². The Morgan fingerprint density at radius 1 is 1.31 bits per heavy atom. The largest absolute Gasteiger partial charge is 0.348 e. The first-order chi connectivity index (χ1) is 5.96. The van der Waals surface area contributed by atoms with E-state index in [1.165, 1.54) is 13.1 Å². The first kappa shape index (κ1) is 9.73. The molecular formula is C8H9NO3S. The van der Waals surface area contributed by atoms with Gasteiger partial charge in [-0.25, -0.2) is 8.42 Å². The molecule has 0 unspecified atom stereocenters. The molecule has 70 valence electrons. The monoisotopic (exact) mass is 199 g/mol. The molecule has 4 nitrogen and oxygen atoms in total. The van der Waals surface area contributed by atoms with Gasteiger partial charge in [0.1, 0.15) is 0 Å². The molecule has 0 N–H and O–H groups in total. The fourth-order valence-electron chi connectivity index (χ4n) is 1.13. The Kier molecular flexibility index (Phi) is 2.13. The quantitative estimate of drug-likeness (QED) is 0.668. The molecule has 0 saturated carbocycles. The number of carbonyl (C=O) groups is 1. The number of sulfone groups is 1. The van der Waals surface area contributed by atoms with Crippen molar-refractivity contribution in [1.82, 2.24) is 4.90 Å². The van der Waals surface area contributed by atoms with Crippen LogP contribution >= 0.6 is 0 Å². The minimum Gasteiger partial charge on any atom is -0.301 e. The first-order valence-corrected chi connectivity index (χ1v) is 4.97. The van der Waals surface area contributed by atoms with Crippen LogP contribution < -0.4 is 0 Å². The van der Waals surface area contributed by atoms with Crippen LogP contribution in [0.1, 0.15) is 0 Å². The van der Waals surface area contributed by atoms with Crippen molar-refractivity contribution < 1.29 is 13.2 Å². The molecule has 0 spiro atoms. The van der Waals surface area contributed by atoms with E-state index in [1.807, 2.05) is 0 Å². The van der Waals surface area contributed by atoms with E-state index in [0.29, 0.717) is 0 Å². The normalized spacial score (nSPS) is 20.7. The van der Waals surface area contributed by atoms with Crippen molar-refractivity contribution in [2.24, 2.45) is 0 Å². The predicted molar refractivity (Wildman–Crippen MR) is 49.5 cm³/mol. The predicted octanol–water partition coefficient (Wildman–Crippen LogP) is 1.05. The van der Waals surface area contributed by atoms with Crippen molar-refractivity contribution in [3.8, 4) is 0 Å². The molecule has 0 saturated heterocycles. The molecule has 0 aromatic carbocycles. The Balaban J connectivity index is 3.53. The smallest absolute Gasteiger partial charge is 0.301 e. The van der Waals surface area contributed by atoms with Crippen LogP contribution in [0.25, 0.3) is 0 Å². The lowest BCUT2D eigenvalue weighted by Gasteiger charge is -2.07. The molecule has 0 aromatic rings. The second-order valence-corrected chi connectivity index (χ2v) is 4.28. The van der Waals surface area contributed by atoms with E-state index in [2.05, 4.69) is 13.2 Å². The van der Waals surface area contributed by atoms with Crippen LogP contribution in [0.15, 0.2) is 35.9 Å². The lowest BCUT2D eigenvalue weighted by molar-refractivity contribution is 0.242. The fourth-order valence-corrected chi connectivity index (χ4v) is 2.49. The van der Waals surface area contributed by atoms with Crippen LogP contribution in [0, 0.1) is 0 Å². The van der Waals surface area contributed by atoms with Gasteiger partial charge >= 0.3 is 5.24 Å². The van der Waals surface area contributed by atoms with Gasteiger partial charge in [-0.15, -0.1) is 0 Å². The van der Waals surface area contributed by atoms with Crippen LogP contribution in [0.4, 0.5) is 4.79 Å². The summed E-state index contributed by atoms with van der Waals surface area (Å²) in [5.41, 5.74) is 0.278. The molecule has 13 heavy (non-hydrogen) atoms. The maximum atomic E-state index is 11.3. The highest BCUT2D eigenvalue weighted by Crippen LogP contribution is 2.28. The zero-order chi connectivity index (χ0) is 10.2. The van der Waals surface area contributed by atoms with Crippen LogP contribution in [0.2, 0.25) is 0 Å². The van der Waals surface area contributed by atoms with Crippen molar-refractivity contribution >= 4 is 15.1 Å². The summed E-state index contributed by atoms with van der Waals surface area (Å²) in [5, 5.41) is -0.933. The van der Waals surface area contributed by atoms with Gasteiger partial charge in [-0.1, -0.05) is 13.2 Å². The first-order valence-electron chi connectivity index (χ1n) is 3.48. The summed E-state index contributed by atoms with van der Waals surface area (Å²) in [5.74, 6) is 0. The third kappa shape index (κ3) is 1.12. The number of nitrogens with zero attached hydrogens (tertiary/aromatic N) is 1. The van der Waals surface area contributed by atoms with E-state index in [4.69, 9.17) is 0 Å². The summed E-state index contributed by atoms with van der Waals surface area (Å²) in [7, 11) is -2.47. The van der Waals surface area contributed by atoms with Crippen LogP contribution in [0.5, 0.6) is 0 Å². The summed E-state index contributed by atoms with van der Waals surface area (Å²) < 4.78 is 22.7. The molecule has 0 atom stereocenters. The average Bonchev–Trinajstić information content (AvgIpc) is 2.25. The van der Waals surface area contributed by atoms with Gasteiger partial charge in [0.15, 0.2) is 0 Å². The van der Waals surface area contributed by atoms with Crippen molar-refractivity contribution in [3.63, 3.8) is 0 Å². The van der Waals surface area contributed by atoms with Gasteiger partial charge in [-0.3, -0.25) is 4.79 Å². The SMILES string of the molecule is C=CC1=C(C=C)S(=O)(=O)C(=O)N1C. The molecule has 0 aliphatic carbocycles. The topological polar surface area (TPSA) is 54.5 Å². The Bertz CT molecular complexity index is 417. The standard InChI is InChI=1S/C8H9NO3S/c1-4-6-7(5-2)13(11,12)8(10)9(6)3/h4-5H,1-2H2,3H3. The van der Waals surface area contributed by atoms with Crippen molar-refractivity contribution in [3.05, 3.63) is 35.9 Å². The molecule has 1 aliphatic heterocycles. The molecule has 1 amide bonds. The molecule has 0 aromatic heterocycles. The number of carbonyl (C=O) groups excluding carboxylic acids is 1. The molecule has 5 heteroatoms. The Morgan fingerprint density at radius 3 is 2.15 bits per heavy atom. The third-order valence-electron chi connectivity index (χ3n) is 1.79. The van der Waals surface area contributed by atoms with E-state index in [0.717, 1.165) is 11.0 Å². The number of allylic oxidation sites excluding steroid dienone is 2. The summed E-state index contributed by atoms with van der Waals surface area (Å²) in [6.45, 7) is 6.77. The molecule has 0 radical (unpaired) electrons. The molecule has 1 rings (SSSR count). The Labute approximate surface area is 76.8 Å². The molecule has 0 fully saturated rings. The van der Waals surface area contributed by atoms with Crippen molar-refractivity contribution in [2.45, 2.75) is 0 Å². The molecule has 1 aliphatic rings. The number of amides is 1. The van der Waals surface area contributed by atoms with E-state index in [1.54, 1.807) is 0 Å². The highest BCUT2D eigenvalue weighted by molar-refractivity contribution is 8.09. The summed E-state index contributed by atoms with van der Waals surface area (Å²) in [6, 6.07) is 0. The number of rotatable bonds is 2. The van der Waals surface area contributed by atoms with Crippen LogP contribution in [-0.4, -0.2) is 25.6 Å². The van der Waals surface area contributed by atoms with Gasteiger partial charge in [-0.05, 0) is 12.2 Å². The van der Waals surface area contributed by atoms with E-state index in [9.17, 15) is 13.2 Å². The van der Waals surface area contributed by atoms with Gasteiger partial charge in [-0.2, -0.15) is 0 Å². The summed E-state index contributed by atoms with van der Waals surface area (Å²) >= 11 is 0. The average molecular weight is 199 g/mol. The van der Waals surface area contributed by atoms with E-state index < -0.39 is 15.1 Å². The van der Waals surface area contributed by atoms with Gasteiger partial charge in [0.2, 0.25) is 0 Å². The van der Waals surface area contributed by atoms with Crippen molar-refractivity contribution in [1.29, 1.82) is 0 Å². The highest BCUT2D eigenvalue weighted by Gasteiger charge is 2.39. The van der Waals surface area contributed by atoms with Gasteiger partial charge in [0.25, 0.3) is 9.84 Å². The molecular weight excluding hydrogens is 190 g/mol. The minimum absolute atomic E-state index is 0.0741. The summed E-state index contributed by atoms with van der Waals surface area (Å²) in [4.78, 5) is 12.1. The molecule has 1 heterocycles. The second kappa shape index (κ2) is 2.85. The zero-order valence-corrected chi connectivity index (χ0v) is 7.97. The summed E-state index contributed by atoms with van der Waals surface area (Å²) in [6.07, 6.45) is 2.47. The van der Waals surface area contributed by atoms with Gasteiger partial charge in [0, 0.05) is 7.05 Å². The van der Waals surface area contributed by atoms with Gasteiger partial charge < -0.3 is 4.90 Å². The number of likely N-dealkylation sites (N-methyl/N-ethyl adjacent to an activating group) is 1. The Hall–Kier alpha value is -1.36. The minimum atomic E-state index is -3.85. The fraction of sp³-hybridized carbons (Fsp3) is 0.125. The van der Waals surface area contributed by atoms with Crippen LogP contribution in [0.3, 0.4) is 0 Å². The van der Waals surface area contributed by atoms with Crippen molar-refractivity contribution in [2.75, 3.05) is 7.05 Å². The number of hydrogen-bond acceptors (Lipinski definition) is 3. The third-order valence-corrected chi connectivity index (χ3v) is 3.47. The highest BCUT2D eigenvalue weighted by atomic mass is 32.2. The van der Waals surface area contributed by atoms with E-state index >= 15 is 0 Å². The Morgan fingerprint density at radius 2 is 1.85 bits per heavy atom. The zero-order valence-electron chi connectivity index (χ0n) is 7.15. The lowest BCUT2D eigenvalue weighted by atomic mass is 10.3. The second-order valence-electron chi connectivity index (χ2n) is 2.49. The lowest BCUT2D eigenvalue weighted by Crippen LogP contribution is -2.22.